The molecule has 1 aliphatic heterocycles. The summed E-state index contributed by atoms with van der Waals surface area (Å²) in [6.45, 7) is 4.58. The first-order valence-corrected chi connectivity index (χ1v) is 9.65. The molecule has 2 aromatic rings. The summed E-state index contributed by atoms with van der Waals surface area (Å²) in [6, 6.07) is 14.3. The minimum atomic E-state index is -0.487. The zero-order chi connectivity index (χ0) is 18.5. The van der Waals surface area contributed by atoms with Crippen LogP contribution in [0, 0.1) is 5.82 Å². The number of benzene rings is 2. The summed E-state index contributed by atoms with van der Waals surface area (Å²) in [5.41, 5.74) is 3.35. The number of carbonyl (C=O) groups excluding carboxylic acids is 1. The topological polar surface area (TPSA) is 58.4 Å². The maximum Gasteiger partial charge on any atom is 0.254 e. The van der Waals surface area contributed by atoms with E-state index >= 15 is 0 Å². The maximum absolute atomic E-state index is 14.0. The molecule has 0 aliphatic carbocycles. The lowest BCUT2D eigenvalue weighted by molar-refractivity contribution is 0.0798. The molecule has 0 saturated carbocycles. The Balaban J connectivity index is 1.84. The summed E-state index contributed by atoms with van der Waals surface area (Å²) in [6.07, 6.45) is 0. The molecular formula is C19H18FN3OS2. The lowest BCUT2D eigenvalue weighted by Gasteiger charge is -2.17. The third-order valence-corrected chi connectivity index (χ3v) is 5.16. The van der Waals surface area contributed by atoms with Crippen molar-refractivity contribution in [2.75, 3.05) is 13.1 Å². The minimum absolute atomic E-state index is 0.216. The van der Waals surface area contributed by atoms with E-state index < -0.39 is 5.82 Å². The van der Waals surface area contributed by atoms with E-state index in [-0.39, 0.29) is 5.91 Å². The second-order valence-corrected chi connectivity index (χ2v) is 7.08. The predicted octanol–water partition coefficient (Wildman–Crippen LogP) is 4.04. The van der Waals surface area contributed by atoms with E-state index in [2.05, 4.69) is 11.3 Å². The van der Waals surface area contributed by atoms with Gasteiger partial charge in [0.15, 0.2) is 0 Å². The average Bonchev–Trinajstić information content (AvgIpc) is 3.10. The molecule has 1 amide bonds. The number of nitrogens with two attached hydrogens (primary N) is 1. The number of amides is 1. The fourth-order valence-electron chi connectivity index (χ4n) is 2.80. The van der Waals surface area contributed by atoms with Crippen LogP contribution >= 0.6 is 23.9 Å². The van der Waals surface area contributed by atoms with E-state index in [9.17, 15) is 9.18 Å². The standard InChI is InChI=1S/C19H18FN3OS2/c1-2-25-22-17-12-23(11-15(17)13-6-4-3-5-7-13)19(24)14-8-9-18(26-21)16(20)10-14/h2-10,22H,1,11-12,21H2. The van der Waals surface area contributed by atoms with Gasteiger partial charge < -0.3 is 9.62 Å². The van der Waals surface area contributed by atoms with Crippen molar-refractivity contribution in [2.45, 2.75) is 4.90 Å². The summed E-state index contributed by atoms with van der Waals surface area (Å²) < 4.78 is 17.2. The third kappa shape index (κ3) is 3.95. The summed E-state index contributed by atoms with van der Waals surface area (Å²) in [4.78, 5) is 14.8. The minimum Gasteiger partial charge on any atom is -0.328 e. The van der Waals surface area contributed by atoms with Crippen molar-refractivity contribution in [3.63, 3.8) is 0 Å². The van der Waals surface area contributed by atoms with Gasteiger partial charge >= 0.3 is 0 Å². The molecule has 0 radical (unpaired) electrons. The van der Waals surface area contributed by atoms with Crippen molar-refractivity contribution in [2.24, 2.45) is 5.14 Å². The van der Waals surface area contributed by atoms with Crippen LogP contribution in [0.2, 0.25) is 0 Å². The first kappa shape index (κ1) is 18.6. The number of hydrogen-bond acceptors (Lipinski definition) is 5. The van der Waals surface area contributed by atoms with Crippen LogP contribution in [0.15, 0.2) is 71.1 Å². The second kappa shape index (κ2) is 8.44. The van der Waals surface area contributed by atoms with Gasteiger partial charge in [0.1, 0.15) is 5.82 Å². The molecule has 3 rings (SSSR count). The van der Waals surface area contributed by atoms with E-state index in [4.69, 9.17) is 5.14 Å². The van der Waals surface area contributed by atoms with Gasteiger partial charge in [0.05, 0.1) is 11.4 Å². The Labute approximate surface area is 160 Å². The first-order chi connectivity index (χ1) is 12.6. The maximum atomic E-state index is 14.0. The van der Waals surface area contributed by atoms with Gasteiger partial charge in [0.2, 0.25) is 0 Å². The van der Waals surface area contributed by atoms with Crippen molar-refractivity contribution >= 4 is 35.4 Å². The molecule has 4 nitrogen and oxygen atoms in total. The number of carbonyl (C=O) groups is 1. The van der Waals surface area contributed by atoms with Gasteiger partial charge in [-0.1, -0.05) is 36.9 Å². The van der Waals surface area contributed by atoms with Crippen molar-refractivity contribution < 1.29 is 9.18 Å². The molecule has 0 spiro atoms. The zero-order valence-corrected chi connectivity index (χ0v) is 15.6. The lowest BCUT2D eigenvalue weighted by Crippen LogP contribution is -2.30. The normalized spacial score (nSPS) is 13.8. The molecule has 2 aromatic carbocycles. The van der Waals surface area contributed by atoms with Crippen molar-refractivity contribution in [1.29, 1.82) is 0 Å². The van der Waals surface area contributed by atoms with Crippen LogP contribution < -0.4 is 9.86 Å². The molecule has 134 valence electrons. The highest BCUT2D eigenvalue weighted by molar-refractivity contribution is 8.00. The Morgan fingerprint density at radius 1 is 1.23 bits per heavy atom. The number of halogens is 1. The third-order valence-electron chi connectivity index (χ3n) is 4.04. The molecule has 26 heavy (non-hydrogen) atoms. The lowest BCUT2D eigenvalue weighted by atomic mass is 10.1. The molecule has 0 bridgehead atoms. The van der Waals surface area contributed by atoms with E-state index in [1.807, 2.05) is 30.3 Å². The molecule has 0 aromatic heterocycles. The SMILES string of the molecule is C=CSNC1=C(c2ccccc2)CN(C(=O)c2ccc(SN)c(F)c2)C1. The molecule has 1 heterocycles. The average molecular weight is 388 g/mol. The smallest absolute Gasteiger partial charge is 0.254 e. The molecule has 0 atom stereocenters. The van der Waals surface area contributed by atoms with Gasteiger partial charge in [-0.3, -0.25) is 9.93 Å². The molecule has 7 heteroatoms. The van der Waals surface area contributed by atoms with Gasteiger partial charge in [-0.25, -0.2) is 4.39 Å². The molecular weight excluding hydrogens is 369 g/mol. The Kier molecular flexibility index (Phi) is 6.03. The summed E-state index contributed by atoms with van der Waals surface area (Å²) >= 11 is 2.19. The van der Waals surface area contributed by atoms with Gasteiger partial charge in [0, 0.05) is 23.4 Å². The fourth-order valence-corrected chi connectivity index (χ4v) is 3.53. The number of hydrogen-bond donors (Lipinski definition) is 2. The van der Waals surface area contributed by atoms with Crippen LogP contribution in [0.4, 0.5) is 4.39 Å². The van der Waals surface area contributed by atoms with Crippen LogP contribution in [-0.2, 0) is 0 Å². The summed E-state index contributed by atoms with van der Waals surface area (Å²) in [5.74, 6) is -0.703. The van der Waals surface area contributed by atoms with Gasteiger partial charge in [0.25, 0.3) is 5.91 Å². The van der Waals surface area contributed by atoms with Gasteiger partial charge in [-0.2, -0.15) is 0 Å². The summed E-state index contributed by atoms with van der Waals surface area (Å²) in [5, 5.41) is 7.10. The van der Waals surface area contributed by atoms with Crippen molar-refractivity contribution in [3.05, 3.63) is 83.2 Å². The van der Waals surface area contributed by atoms with Crippen LogP contribution in [0.3, 0.4) is 0 Å². The molecule has 0 saturated heterocycles. The zero-order valence-electron chi connectivity index (χ0n) is 13.9. The quantitative estimate of drug-likeness (QED) is 0.733. The van der Waals surface area contributed by atoms with Crippen LogP contribution in [0.1, 0.15) is 15.9 Å². The molecule has 3 N–H and O–H groups in total. The van der Waals surface area contributed by atoms with Crippen LogP contribution in [0.25, 0.3) is 5.57 Å². The van der Waals surface area contributed by atoms with E-state index in [1.165, 1.54) is 24.1 Å². The Morgan fingerprint density at radius 2 is 2.00 bits per heavy atom. The number of nitrogens with one attached hydrogen (secondary N) is 1. The van der Waals surface area contributed by atoms with Gasteiger partial charge in [-0.15, -0.1) is 0 Å². The van der Waals surface area contributed by atoms with Gasteiger partial charge in [-0.05, 0) is 53.1 Å². The first-order valence-electron chi connectivity index (χ1n) is 7.89. The van der Waals surface area contributed by atoms with Crippen molar-refractivity contribution in [1.82, 2.24) is 9.62 Å². The number of nitrogens with zero attached hydrogens (tertiary/aromatic N) is 1. The van der Waals surface area contributed by atoms with E-state index in [0.29, 0.717) is 23.5 Å². The molecule has 0 unspecified atom stereocenters. The highest BCUT2D eigenvalue weighted by atomic mass is 32.2. The Morgan fingerprint density at radius 3 is 2.65 bits per heavy atom. The monoisotopic (exact) mass is 387 g/mol. The summed E-state index contributed by atoms with van der Waals surface area (Å²) in [7, 11) is 0. The van der Waals surface area contributed by atoms with Crippen molar-refractivity contribution in [3.8, 4) is 0 Å². The highest BCUT2D eigenvalue weighted by Gasteiger charge is 2.27. The Bertz CT molecular complexity index is 855. The molecule has 0 fully saturated rings. The van der Waals surface area contributed by atoms with Crippen LogP contribution in [0.5, 0.6) is 0 Å². The molecule has 1 aliphatic rings. The second-order valence-electron chi connectivity index (χ2n) is 5.63. The predicted molar refractivity (Wildman–Crippen MR) is 107 cm³/mol. The van der Waals surface area contributed by atoms with E-state index in [1.54, 1.807) is 16.4 Å². The Hall–Kier alpha value is -2.22. The van der Waals surface area contributed by atoms with E-state index in [0.717, 1.165) is 28.8 Å². The fraction of sp³-hybridized carbons (Fsp3) is 0.105. The van der Waals surface area contributed by atoms with Crippen LogP contribution in [-0.4, -0.2) is 23.9 Å². The highest BCUT2D eigenvalue weighted by Crippen LogP contribution is 2.28. The number of rotatable bonds is 6. The largest absolute Gasteiger partial charge is 0.328 e.